The molecule has 0 saturated carbocycles. The summed E-state index contributed by atoms with van der Waals surface area (Å²) >= 11 is 0. The largest absolute Gasteiger partial charge is 0.466 e. The highest BCUT2D eigenvalue weighted by molar-refractivity contribution is 5.70. The van der Waals surface area contributed by atoms with E-state index in [4.69, 9.17) is 9.57 Å². The molecular formula is C22H27NO4. The zero-order valence-corrected chi connectivity index (χ0v) is 15.6. The van der Waals surface area contributed by atoms with E-state index in [2.05, 4.69) is 5.48 Å². The predicted octanol–water partition coefficient (Wildman–Crippen LogP) is 2.67. The van der Waals surface area contributed by atoms with Gasteiger partial charge in [-0.1, -0.05) is 60.7 Å². The van der Waals surface area contributed by atoms with E-state index in [9.17, 15) is 9.90 Å². The number of aliphatic hydroxyl groups is 1. The second kappa shape index (κ2) is 9.65. The van der Waals surface area contributed by atoms with Gasteiger partial charge in [0.15, 0.2) is 0 Å². The maximum atomic E-state index is 12.0. The Labute approximate surface area is 160 Å². The lowest BCUT2D eigenvalue weighted by Gasteiger charge is -2.40. The first kappa shape index (κ1) is 19.5. The number of carbonyl (C=O) groups excluding carboxylic acids is 1. The quantitative estimate of drug-likeness (QED) is 0.735. The Morgan fingerprint density at radius 3 is 2.22 bits per heavy atom. The highest BCUT2D eigenvalue weighted by atomic mass is 16.7. The Morgan fingerprint density at radius 1 is 1.04 bits per heavy atom. The molecule has 27 heavy (non-hydrogen) atoms. The number of hydroxylamine groups is 1. The molecule has 5 heteroatoms. The summed E-state index contributed by atoms with van der Waals surface area (Å²) in [7, 11) is 0. The average molecular weight is 369 g/mol. The van der Waals surface area contributed by atoms with Gasteiger partial charge < -0.3 is 9.84 Å². The van der Waals surface area contributed by atoms with Gasteiger partial charge in [0.2, 0.25) is 0 Å². The van der Waals surface area contributed by atoms with Crippen LogP contribution in [0.1, 0.15) is 24.5 Å². The first-order valence-electron chi connectivity index (χ1n) is 9.50. The third kappa shape index (κ3) is 5.39. The van der Waals surface area contributed by atoms with Crippen molar-refractivity contribution in [1.82, 2.24) is 5.48 Å². The number of rotatable bonds is 7. The number of nitrogens with one attached hydrogen (secondary N) is 1. The van der Waals surface area contributed by atoms with Crippen molar-refractivity contribution in [2.75, 3.05) is 6.61 Å². The first-order valence-corrected chi connectivity index (χ1v) is 9.50. The molecule has 4 atom stereocenters. The summed E-state index contributed by atoms with van der Waals surface area (Å²) < 4.78 is 5.07. The minimum Gasteiger partial charge on any atom is -0.466 e. The van der Waals surface area contributed by atoms with Crippen LogP contribution in [-0.2, 0) is 27.2 Å². The van der Waals surface area contributed by atoms with Gasteiger partial charge >= 0.3 is 5.97 Å². The number of hydrogen-bond acceptors (Lipinski definition) is 5. The second-order valence-corrected chi connectivity index (χ2v) is 6.92. The smallest absolute Gasteiger partial charge is 0.308 e. The highest BCUT2D eigenvalue weighted by Crippen LogP contribution is 2.28. The summed E-state index contributed by atoms with van der Waals surface area (Å²) in [6.07, 6.45) is 0.330. The lowest BCUT2D eigenvalue weighted by molar-refractivity contribution is -0.177. The number of carbonyl (C=O) groups is 1. The standard InChI is InChI=1S/C22H27NO4/c1-2-26-21(24)15-20-18(13-16-9-5-3-6-10-16)22(25)19(23-27-20)14-17-11-7-4-8-12-17/h3-12,18-20,22-23,25H,2,13-15H2,1H3/t18-,19-,20-,22-/m1/s1. The Hall–Kier alpha value is -2.21. The number of benzene rings is 2. The molecule has 1 heterocycles. The molecule has 2 aromatic carbocycles. The fourth-order valence-corrected chi connectivity index (χ4v) is 3.60. The van der Waals surface area contributed by atoms with Gasteiger partial charge in [0.25, 0.3) is 0 Å². The summed E-state index contributed by atoms with van der Waals surface area (Å²) in [5, 5.41) is 11.1. The molecule has 0 aromatic heterocycles. The van der Waals surface area contributed by atoms with E-state index in [0.29, 0.717) is 19.4 Å². The number of aliphatic hydroxyl groups excluding tert-OH is 1. The molecule has 2 N–H and O–H groups in total. The summed E-state index contributed by atoms with van der Waals surface area (Å²) in [6, 6.07) is 19.7. The number of ether oxygens (including phenoxy) is 1. The van der Waals surface area contributed by atoms with Gasteiger partial charge in [-0.25, -0.2) is 0 Å². The fraction of sp³-hybridized carbons (Fsp3) is 0.409. The minimum absolute atomic E-state index is 0.119. The molecule has 0 aliphatic carbocycles. The van der Waals surface area contributed by atoms with Crippen molar-refractivity contribution in [3.8, 4) is 0 Å². The van der Waals surface area contributed by atoms with Crippen LogP contribution in [0.25, 0.3) is 0 Å². The lowest BCUT2D eigenvalue weighted by Crippen LogP contribution is -2.57. The van der Waals surface area contributed by atoms with Crippen molar-refractivity contribution in [2.24, 2.45) is 5.92 Å². The van der Waals surface area contributed by atoms with E-state index < -0.39 is 12.2 Å². The van der Waals surface area contributed by atoms with Crippen LogP contribution < -0.4 is 5.48 Å². The van der Waals surface area contributed by atoms with E-state index in [-0.39, 0.29) is 24.3 Å². The van der Waals surface area contributed by atoms with Gasteiger partial charge in [-0.05, 0) is 30.9 Å². The van der Waals surface area contributed by atoms with Crippen molar-refractivity contribution in [2.45, 2.75) is 44.4 Å². The average Bonchev–Trinajstić information content (AvgIpc) is 2.69. The van der Waals surface area contributed by atoms with Crippen molar-refractivity contribution >= 4 is 5.97 Å². The Morgan fingerprint density at radius 2 is 1.63 bits per heavy atom. The van der Waals surface area contributed by atoms with Crippen LogP contribution >= 0.6 is 0 Å². The SMILES string of the molecule is CCOC(=O)C[C@H]1ON[C@H](Cc2ccccc2)[C@H](O)[C@@H]1Cc1ccccc1. The topological polar surface area (TPSA) is 67.8 Å². The fourth-order valence-electron chi connectivity index (χ4n) is 3.60. The van der Waals surface area contributed by atoms with Crippen LogP contribution in [0.4, 0.5) is 0 Å². The maximum Gasteiger partial charge on any atom is 0.308 e. The first-order chi connectivity index (χ1) is 13.2. The molecule has 1 fully saturated rings. The van der Waals surface area contributed by atoms with Gasteiger partial charge in [0.1, 0.15) is 0 Å². The molecule has 0 amide bonds. The molecule has 144 valence electrons. The summed E-state index contributed by atoms with van der Waals surface area (Å²) in [5.41, 5.74) is 5.21. The van der Waals surface area contributed by atoms with Gasteiger partial charge in [0.05, 0.1) is 31.3 Å². The second-order valence-electron chi connectivity index (χ2n) is 6.92. The third-order valence-electron chi connectivity index (χ3n) is 4.99. The van der Waals surface area contributed by atoms with E-state index in [0.717, 1.165) is 11.1 Å². The number of esters is 1. The molecule has 1 aliphatic rings. The van der Waals surface area contributed by atoms with E-state index >= 15 is 0 Å². The van der Waals surface area contributed by atoms with Crippen LogP contribution in [0.15, 0.2) is 60.7 Å². The van der Waals surface area contributed by atoms with Gasteiger partial charge in [-0.2, -0.15) is 5.48 Å². The normalized spacial score (nSPS) is 25.1. The molecule has 0 bridgehead atoms. The third-order valence-corrected chi connectivity index (χ3v) is 4.99. The lowest BCUT2D eigenvalue weighted by atomic mass is 9.82. The molecule has 0 spiro atoms. The Kier molecular flexibility index (Phi) is 6.98. The zero-order valence-electron chi connectivity index (χ0n) is 15.6. The maximum absolute atomic E-state index is 12.0. The molecule has 1 saturated heterocycles. The van der Waals surface area contributed by atoms with Crippen molar-refractivity contribution in [1.29, 1.82) is 0 Å². The molecule has 0 radical (unpaired) electrons. The van der Waals surface area contributed by atoms with E-state index in [1.54, 1.807) is 6.92 Å². The minimum atomic E-state index is -0.640. The molecule has 3 rings (SSSR count). The highest BCUT2D eigenvalue weighted by Gasteiger charge is 2.40. The Bertz CT molecular complexity index is 707. The van der Waals surface area contributed by atoms with Gasteiger partial charge in [0, 0.05) is 5.92 Å². The van der Waals surface area contributed by atoms with Crippen LogP contribution in [0.5, 0.6) is 0 Å². The summed E-state index contributed by atoms with van der Waals surface area (Å²) in [6.45, 7) is 2.12. The van der Waals surface area contributed by atoms with Crippen molar-refractivity contribution < 1.29 is 19.5 Å². The molecular weight excluding hydrogens is 342 g/mol. The monoisotopic (exact) mass is 369 g/mol. The molecule has 1 aliphatic heterocycles. The van der Waals surface area contributed by atoms with Crippen LogP contribution in [0, 0.1) is 5.92 Å². The molecule has 2 aromatic rings. The zero-order chi connectivity index (χ0) is 19.1. The van der Waals surface area contributed by atoms with Crippen LogP contribution in [0.2, 0.25) is 0 Å². The summed E-state index contributed by atoms with van der Waals surface area (Å²) in [4.78, 5) is 17.8. The predicted molar refractivity (Wildman–Crippen MR) is 103 cm³/mol. The van der Waals surface area contributed by atoms with E-state index in [1.165, 1.54) is 0 Å². The van der Waals surface area contributed by atoms with Crippen LogP contribution in [0.3, 0.4) is 0 Å². The molecule has 0 unspecified atom stereocenters. The van der Waals surface area contributed by atoms with Crippen LogP contribution in [-0.4, -0.2) is 35.9 Å². The van der Waals surface area contributed by atoms with Gasteiger partial charge in [-0.15, -0.1) is 0 Å². The van der Waals surface area contributed by atoms with Crippen molar-refractivity contribution in [3.05, 3.63) is 71.8 Å². The van der Waals surface area contributed by atoms with Crippen molar-refractivity contribution in [3.63, 3.8) is 0 Å². The van der Waals surface area contributed by atoms with Gasteiger partial charge in [-0.3, -0.25) is 9.63 Å². The number of hydrogen-bond donors (Lipinski definition) is 2. The Balaban J connectivity index is 1.74. The molecule has 5 nitrogen and oxygen atoms in total. The van der Waals surface area contributed by atoms with E-state index in [1.807, 2.05) is 60.7 Å². The summed E-state index contributed by atoms with van der Waals surface area (Å²) in [5.74, 6) is -0.511.